The summed E-state index contributed by atoms with van der Waals surface area (Å²) in [7, 11) is 5.32. The number of methoxy groups -OCH3 is 1. The number of halogens is 1. The minimum absolute atomic E-state index is 0.480. The third-order valence-corrected chi connectivity index (χ3v) is 2.49. The van der Waals surface area contributed by atoms with Crippen molar-refractivity contribution in [1.82, 2.24) is 4.90 Å². The van der Waals surface area contributed by atoms with Gasteiger partial charge in [-0.2, -0.15) is 0 Å². The summed E-state index contributed by atoms with van der Waals surface area (Å²) in [5.41, 5.74) is 0.864. The summed E-state index contributed by atoms with van der Waals surface area (Å²) in [5, 5.41) is 7.77. The molecule has 0 spiro atoms. The lowest BCUT2D eigenvalue weighted by Gasteiger charge is -2.14. The van der Waals surface area contributed by atoms with E-state index in [0.29, 0.717) is 5.84 Å². The first-order chi connectivity index (χ1) is 6.56. The molecule has 0 aromatic heterocycles. The fourth-order valence-corrected chi connectivity index (χ4v) is 1.61. The Morgan fingerprint density at radius 1 is 1.43 bits per heavy atom. The van der Waals surface area contributed by atoms with E-state index in [1.54, 1.807) is 12.0 Å². The van der Waals surface area contributed by atoms with Crippen molar-refractivity contribution in [3.8, 4) is 5.75 Å². The van der Waals surface area contributed by atoms with Gasteiger partial charge in [0.1, 0.15) is 11.6 Å². The van der Waals surface area contributed by atoms with Crippen LogP contribution in [0, 0.1) is 5.41 Å². The van der Waals surface area contributed by atoms with Crippen LogP contribution in [0.3, 0.4) is 0 Å². The SMILES string of the molecule is COc1ccc(C(=N)N(C)C)cc1Br. The molecule has 1 N–H and O–H groups in total. The van der Waals surface area contributed by atoms with Crippen molar-refractivity contribution in [3.63, 3.8) is 0 Å². The fraction of sp³-hybridized carbons (Fsp3) is 0.300. The summed E-state index contributed by atoms with van der Waals surface area (Å²) < 4.78 is 5.97. The molecule has 1 rings (SSSR count). The molecule has 0 aliphatic rings. The molecular formula is C10H13BrN2O. The molecule has 0 atom stereocenters. The van der Waals surface area contributed by atoms with Gasteiger partial charge in [-0.1, -0.05) is 0 Å². The molecule has 0 bridgehead atoms. The monoisotopic (exact) mass is 256 g/mol. The number of nitrogens with one attached hydrogen (secondary N) is 1. The molecule has 1 aromatic carbocycles. The maximum atomic E-state index is 7.77. The Labute approximate surface area is 92.3 Å². The maximum absolute atomic E-state index is 7.77. The van der Waals surface area contributed by atoms with Crippen LogP contribution in [0.4, 0.5) is 0 Å². The summed E-state index contributed by atoms with van der Waals surface area (Å²) in [6.07, 6.45) is 0. The minimum Gasteiger partial charge on any atom is -0.496 e. The van der Waals surface area contributed by atoms with Gasteiger partial charge in [-0.15, -0.1) is 0 Å². The van der Waals surface area contributed by atoms with Crippen LogP contribution >= 0.6 is 15.9 Å². The highest BCUT2D eigenvalue weighted by Crippen LogP contribution is 2.25. The number of rotatable bonds is 2. The Morgan fingerprint density at radius 3 is 2.50 bits per heavy atom. The zero-order valence-corrected chi connectivity index (χ0v) is 10.1. The van der Waals surface area contributed by atoms with E-state index < -0.39 is 0 Å². The second-order valence-corrected chi connectivity index (χ2v) is 3.95. The van der Waals surface area contributed by atoms with E-state index in [9.17, 15) is 0 Å². The van der Waals surface area contributed by atoms with Gasteiger partial charge < -0.3 is 9.64 Å². The molecular weight excluding hydrogens is 244 g/mol. The number of hydrogen-bond donors (Lipinski definition) is 1. The predicted octanol–water partition coefficient (Wildman–Crippen LogP) is 2.34. The Balaban J connectivity index is 3.03. The van der Waals surface area contributed by atoms with Crippen LogP contribution < -0.4 is 4.74 Å². The molecule has 0 saturated heterocycles. The van der Waals surface area contributed by atoms with Gasteiger partial charge in [-0.3, -0.25) is 5.41 Å². The van der Waals surface area contributed by atoms with Gasteiger partial charge in [0.25, 0.3) is 0 Å². The zero-order valence-electron chi connectivity index (χ0n) is 8.47. The van der Waals surface area contributed by atoms with Crippen molar-refractivity contribution in [2.24, 2.45) is 0 Å². The second kappa shape index (κ2) is 4.46. The molecule has 0 aliphatic heterocycles. The quantitative estimate of drug-likeness (QED) is 0.652. The normalized spacial score (nSPS) is 9.71. The summed E-state index contributed by atoms with van der Waals surface area (Å²) in [6.45, 7) is 0. The van der Waals surface area contributed by atoms with Gasteiger partial charge in [0.05, 0.1) is 11.6 Å². The molecule has 3 nitrogen and oxygen atoms in total. The molecule has 0 heterocycles. The summed E-state index contributed by atoms with van der Waals surface area (Å²) in [5.74, 6) is 1.26. The van der Waals surface area contributed by atoms with Crippen LogP contribution in [-0.2, 0) is 0 Å². The molecule has 0 amide bonds. The van der Waals surface area contributed by atoms with Gasteiger partial charge >= 0.3 is 0 Å². The van der Waals surface area contributed by atoms with Crippen molar-refractivity contribution >= 4 is 21.8 Å². The first kappa shape index (κ1) is 11.0. The summed E-state index contributed by atoms with van der Waals surface area (Å²) in [4.78, 5) is 1.76. The van der Waals surface area contributed by atoms with E-state index in [2.05, 4.69) is 15.9 Å². The zero-order chi connectivity index (χ0) is 10.7. The standard InChI is InChI=1S/C10H13BrN2O/c1-13(2)10(12)7-4-5-9(14-3)8(11)6-7/h4-6,12H,1-3H3. The highest BCUT2D eigenvalue weighted by Gasteiger charge is 2.06. The number of benzene rings is 1. The van der Waals surface area contributed by atoms with Crippen molar-refractivity contribution in [2.45, 2.75) is 0 Å². The molecule has 0 saturated carbocycles. The van der Waals surface area contributed by atoms with E-state index in [-0.39, 0.29) is 0 Å². The molecule has 76 valence electrons. The maximum Gasteiger partial charge on any atom is 0.133 e. The highest BCUT2D eigenvalue weighted by molar-refractivity contribution is 9.10. The smallest absolute Gasteiger partial charge is 0.133 e. The van der Waals surface area contributed by atoms with Crippen LogP contribution in [0.25, 0.3) is 0 Å². The second-order valence-electron chi connectivity index (χ2n) is 3.09. The third-order valence-electron chi connectivity index (χ3n) is 1.87. The lowest BCUT2D eigenvalue weighted by molar-refractivity contribution is 0.412. The molecule has 0 unspecified atom stereocenters. The Bertz CT molecular complexity index is 350. The average molecular weight is 257 g/mol. The van der Waals surface area contributed by atoms with Crippen molar-refractivity contribution in [1.29, 1.82) is 5.41 Å². The molecule has 0 fully saturated rings. The first-order valence-corrected chi connectivity index (χ1v) is 4.95. The molecule has 0 aliphatic carbocycles. The molecule has 0 radical (unpaired) electrons. The van der Waals surface area contributed by atoms with E-state index in [0.717, 1.165) is 15.8 Å². The van der Waals surface area contributed by atoms with Crippen LogP contribution in [0.1, 0.15) is 5.56 Å². The van der Waals surface area contributed by atoms with E-state index in [1.807, 2.05) is 32.3 Å². The van der Waals surface area contributed by atoms with E-state index in [1.165, 1.54) is 0 Å². The Kier molecular flexibility index (Phi) is 3.52. The highest BCUT2D eigenvalue weighted by atomic mass is 79.9. The predicted molar refractivity (Wildman–Crippen MR) is 61.2 cm³/mol. The van der Waals surface area contributed by atoms with Gasteiger partial charge in [0.2, 0.25) is 0 Å². The van der Waals surface area contributed by atoms with Gasteiger partial charge in [0, 0.05) is 19.7 Å². The number of amidine groups is 1. The number of ether oxygens (including phenoxy) is 1. The lowest BCUT2D eigenvalue weighted by Crippen LogP contribution is -2.21. The van der Waals surface area contributed by atoms with Crippen molar-refractivity contribution in [3.05, 3.63) is 28.2 Å². The van der Waals surface area contributed by atoms with Crippen LogP contribution in [0.2, 0.25) is 0 Å². The van der Waals surface area contributed by atoms with Crippen LogP contribution in [0.15, 0.2) is 22.7 Å². The third kappa shape index (κ3) is 2.26. The lowest BCUT2D eigenvalue weighted by atomic mass is 10.2. The summed E-state index contributed by atoms with van der Waals surface area (Å²) in [6, 6.07) is 5.59. The fourth-order valence-electron chi connectivity index (χ4n) is 1.07. The molecule has 14 heavy (non-hydrogen) atoms. The van der Waals surface area contributed by atoms with Crippen LogP contribution in [0.5, 0.6) is 5.75 Å². The van der Waals surface area contributed by atoms with Gasteiger partial charge in [0.15, 0.2) is 0 Å². The Morgan fingerprint density at radius 2 is 2.07 bits per heavy atom. The van der Waals surface area contributed by atoms with Gasteiger partial charge in [-0.25, -0.2) is 0 Å². The Hall–Kier alpha value is -1.03. The summed E-state index contributed by atoms with van der Waals surface area (Å²) >= 11 is 3.38. The number of hydrogen-bond acceptors (Lipinski definition) is 2. The van der Waals surface area contributed by atoms with Crippen LogP contribution in [-0.4, -0.2) is 31.9 Å². The molecule has 1 aromatic rings. The minimum atomic E-state index is 0.480. The topological polar surface area (TPSA) is 36.3 Å². The number of nitrogens with zero attached hydrogens (tertiary/aromatic N) is 1. The molecule has 4 heteroatoms. The largest absolute Gasteiger partial charge is 0.496 e. The average Bonchev–Trinajstić information content (AvgIpc) is 2.16. The van der Waals surface area contributed by atoms with Crippen molar-refractivity contribution in [2.75, 3.05) is 21.2 Å². The van der Waals surface area contributed by atoms with E-state index >= 15 is 0 Å². The van der Waals surface area contributed by atoms with E-state index in [4.69, 9.17) is 10.1 Å². The first-order valence-electron chi connectivity index (χ1n) is 4.16. The van der Waals surface area contributed by atoms with Gasteiger partial charge in [-0.05, 0) is 34.1 Å². The van der Waals surface area contributed by atoms with Crippen molar-refractivity contribution < 1.29 is 4.74 Å².